The summed E-state index contributed by atoms with van der Waals surface area (Å²) in [5.74, 6) is 0.879. The number of hydrogen-bond acceptors (Lipinski definition) is 3. The van der Waals surface area contributed by atoms with Gasteiger partial charge in [-0.05, 0) is 25.2 Å². The maximum absolute atomic E-state index is 11.7. The van der Waals surface area contributed by atoms with Crippen molar-refractivity contribution in [1.82, 2.24) is 10.6 Å². The van der Waals surface area contributed by atoms with Crippen LogP contribution in [0.15, 0.2) is 0 Å². The van der Waals surface area contributed by atoms with Crippen molar-refractivity contribution >= 4 is 5.91 Å². The summed E-state index contributed by atoms with van der Waals surface area (Å²) in [4.78, 5) is 11.7. The van der Waals surface area contributed by atoms with E-state index in [0.29, 0.717) is 24.8 Å². The molecule has 0 saturated carbocycles. The van der Waals surface area contributed by atoms with Gasteiger partial charge in [0.05, 0.1) is 6.54 Å². The molecule has 0 radical (unpaired) electrons. The van der Waals surface area contributed by atoms with Gasteiger partial charge in [0.15, 0.2) is 0 Å². The number of amides is 1. The molecule has 3 N–H and O–H groups in total. The third-order valence-electron chi connectivity index (χ3n) is 3.16. The van der Waals surface area contributed by atoms with E-state index in [9.17, 15) is 4.79 Å². The van der Waals surface area contributed by atoms with Gasteiger partial charge >= 0.3 is 0 Å². The van der Waals surface area contributed by atoms with E-state index in [1.165, 1.54) is 0 Å². The van der Waals surface area contributed by atoms with E-state index in [1.54, 1.807) is 0 Å². The molecule has 0 spiro atoms. The average Bonchev–Trinajstić information content (AvgIpc) is 2.23. The van der Waals surface area contributed by atoms with E-state index < -0.39 is 0 Å². The number of carbonyl (C=O) groups excluding carboxylic acids is 1. The maximum Gasteiger partial charge on any atom is 0.234 e. The monoisotopic (exact) mass is 244 g/mol. The Labute approximate surface area is 105 Å². The number of hydrogen-bond donors (Lipinski definition) is 3. The molecule has 0 saturated heterocycles. The first-order valence-electron chi connectivity index (χ1n) is 6.52. The summed E-state index contributed by atoms with van der Waals surface area (Å²) in [5, 5.41) is 15.1. The number of nitrogens with one attached hydrogen (secondary N) is 2. The second kappa shape index (κ2) is 8.48. The van der Waals surface area contributed by atoms with Crippen molar-refractivity contribution in [1.29, 1.82) is 0 Å². The Balaban J connectivity index is 3.96. The van der Waals surface area contributed by atoms with Crippen LogP contribution < -0.4 is 10.6 Å². The molecule has 0 aliphatic carbocycles. The van der Waals surface area contributed by atoms with Crippen LogP contribution in [0.5, 0.6) is 0 Å². The smallest absolute Gasteiger partial charge is 0.234 e. The number of rotatable bonds is 8. The quantitative estimate of drug-likeness (QED) is 0.600. The Kier molecular flexibility index (Phi) is 8.17. The molecule has 0 aromatic carbocycles. The summed E-state index contributed by atoms with van der Waals surface area (Å²) < 4.78 is 0. The van der Waals surface area contributed by atoms with Crippen LogP contribution in [0.4, 0.5) is 0 Å². The van der Waals surface area contributed by atoms with Crippen LogP contribution in [0.2, 0.25) is 0 Å². The van der Waals surface area contributed by atoms with Gasteiger partial charge in [0.1, 0.15) is 0 Å². The van der Waals surface area contributed by atoms with Gasteiger partial charge in [-0.3, -0.25) is 4.79 Å². The van der Waals surface area contributed by atoms with Crippen molar-refractivity contribution in [3.8, 4) is 0 Å². The predicted octanol–water partition coefficient (Wildman–Crippen LogP) is 1.14. The normalized spacial score (nSPS) is 15.1. The van der Waals surface area contributed by atoms with E-state index in [4.69, 9.17) is 5.11 Å². The molecular formula is C13H28N2O2. The molecule has 0 aliphatic heterocycles. The first-order chi connectivity index (χ1) is 7.88. The minimum absolute atomic E-state index is 0.0230. The topological polar surface area (TPSA) is 61.4 Å². The van der Waals surface area contributed by atoms with E-state index in [2.05, 4.69) is 38.3 Å². The molecule has 0 aliphatic rings. The van der Waals surface area contributed by atoms with Gasteiger partial charge in [-0.25, -0.2) is 0 Å². The number of aliphatic hydroxyl groups is 1. The SMILES string of the molecule is CC(C)C(C)NC(=O)CNC(CCO)C(C)C. The maximum atomic E-state index is 11.7. The Morgan fingerprint density at radius 1 is 1.12 bits per heavy atom. The molecule has 2 unspecified atom stereocenters. The molecule has 0 rings (SSSR count). The first kappa shape index (κ1) is 16.4. The fraction of sp³-hybridized carbons (Fsp3) is 0.923. The Hall–Kier alpha value is -0.610. The highest BCUT2D eigenvalue weighted by atomic mass is 16.3. The zero-order valence-electron chi connectivity index (χ0n) is 11.8. The van der Waals surface area contributed by atoms with E-state index in [0.717, 1.165) is 0 Å². The van der Waals surface area contributed by atoms with Gasteiger partial charge in [0.25, 0.3) is 0 Å². The van der Waals surface area contributed by atoms with Crippen LogP contribution in [-0.4, -0.2) is 36.2 Å². The molecule has 0 fully saturated rings. The summed E-state index contributed by atoms with van der Waals surface area (Å²) in [7, 11) is 0. The molecular weight excluding hydrogens is 216 g/mol. The molecule has 4 nitrogen and oxygen atoms in total. The van der Waals surface area contributed by atoms with Crippen molar-refractivity contribution in [2.45, 2.75) is 53.1 Å². The second-order valence-electron chi connectivity index (χ2n) is 5.34. The highest BCUT2D eigenvalue weighted by Gasteiger charge is 2.15. The summed E-state index contributed by atoms with van der Waals surface area (Å²) in [6.45, 7) is 10.8. The Bertz CT molecular complexity index is 217. The van der Waals surface area contributed by atoms with Crippen molar-refractivity contribution in [2.75, 3.05) is 13.2 Å². The lowest BCUT2D eigenvalue weighted by Crippen LogP contribution is -2.45. The second-order valence-corrected chi connectivity index (χ2v) is 5.34. The van der Waals surface area contributed by atoms with Gasteiger partial charge in [0, 0.05) is 18.7 Å². The number of carbonyl (C=O) groups is 1. The highest BCUT2D eigenvalue weighted by Crippen LogP contribution is 2.05. The molecule has 0 aromatic heterocycles. The van der Waals surface area contributed by atoms with E-state index >= 15 is 0 Å². The highest BCUT2D eigenvalue weighted by molar-refractivity contribution is 5.78. The van der Waals surface area contributed by atoms with Gasteiger partial charge in [-0.15, -0.1) is 0 Å². The summed E-state index contributed by atoms with van der Waals surface area (Å²) in [5.41, 5.74) is 0. The van der Waals surface area contributed by atoms with E-state index in [1.807, 2.05) is 6.92 Å². The van der Waals surface area contributed by atoms with Crippen molar-refractivity contribution < 1.29 is 9.90 Å². The van der Waals surface area contributed by atoms with Crippen LogP contribution in [0, 0.1) is 11.8 Å². The summed E-state index contributed by atoms with van der Waals surface area (Å²) >= 11 is 0. The third-order valence-corrected chi connectivity index (χ3v) is 3.16. The minimum atomic E-state index is 0.0230. The van der Waals surface area contributed by atoms with Crippen molar-refractivity contribution in [3.05, 3.63) is 0 Å². The van der Waals surface area contributed by atoms with Gasteiger partial charge in [-0.1, -0.05) is 27.7 Å². The summed E-state index contributed by atoms with van der Waals surface area (Å²) in [6.07, 6.45) is 0.685. The lowest BCUT2D eigenvalue weighted by Gasteiger charge is -2.23. The Morgan fingerprint density at radius 3 is 2.12 bits per heavy atom. The fourth-order valence-corrected chi connectivity index (χ4v) is 1.51. The minimum Gasteiger partial charge on any atom is -0.396 e. The van der Waals surface area contributed by atoms with Crippen molar-refractivity contribution in [2.24, 2.45) is 11.8 Å². The molecule has 4 heteroatoms. The van der Waals surface area contributed by atoms with Crippen LogP contribution in [0.3, 0.4) is 0 Å². The lowest BCUT2D eigenvalue weighted by atomic mass is 10.0. The molecule has 0 heterocycles. The van der Waals surface area contributed by atoms with Crippen molar-refractivity contribution in [3.63, 3.8) is 0 Å². The lowest BCUT2D eigenvalue weighted by molar-refractivity contribution is -0.121. The average molecular weight is 244 g/mol. The molecule has 2 atom stereocenters. The van der Waals surface area contributed by atoms with E-state index in [-0.39, 0.29) is 24.6 Å². The molecule has 0 bridgehead atoms. The molecule has 0 aromatic rings. The fourth-order valence-electron chi connectivity index (χ4n) is 1.51. The van der Waals surface area contributed by atoms with Crippen LogP contribution in [0.25, 0.3) is 0 Å². The van der Waals surface area contributed by atoms with Gasteiger partial charge in [0.2, 0.25) is 5.91 Å². The molecule has 1 amide bonds. The zero-order valence-corrected chi connectivity index (χ0v) is 11.8. The Morgan fingerprint density at radius 2 is 1.71 bits per heavy atom. The largest absolute Gasteiger partial charge is 0.396 e. The third kappa shape index (κ3) is 7.34. The van der Waals surface area contributed by atoms with Gasteiger partial charge < -0.3 is 15.7 Å². The van der Waals surface area contributed by atoms with Crippen LogP contribution >= 0.6 is 0 Å². The standard InChI is InChI=1S/C13H28N2O2/c1-9(2)11(5)15-13(17)8-14-12(6-7-16)10(3)4/h9-12,14,16H,6-8H2,1-5H3,(H,15,17). The van der Waals surface area contributed by atoms with Crippen LogP contribution in [-0.2, 0) is 4.79 Å². The predicted molar refractivity (Wildman–Crippen MR) is 70.8 cm³/mol. The first-order valence-corrected chi connectivity index (χ1v) is 6.52. The van der Waals surface area contributed by atoms with Gasteiger partial charge in [-0.2, -0.15) is 0 Å². The summed E-state index contributed by atoms with van der Waals surface area (Å²) in [6, 6.07) is 0.389. The number of aliphatic hydroxyl groups excluding tert-OH is 1. The molecule has 102 valence electrons. The van der Waals surface area contributed by atoms with Crippen LogP contribution in [0.1, 0.15) is 41.0 Å². The molecule has 17 heavy (non-hydrogen) atoms. The zero-order chi connectivity index (χ0) is 13.4.